The van der Waals surface area contributed by atoms with Crippen molar-refractivity contribution in [3.63, 3.8) is 0 Å². The average Bonchev–Trinajstić information content (AvgIpc) is 2.15. The van der Waals surface area contributed by atoms with Gasteiger partial charge < -0.3 is 20.6 Å². The molecule has 0 unspecified atom stereocenters. The lowest BCUT2D eigenvalue weighted by atomic mass is 10.3. The SMILES string of the molecule is NCc1ccc(OC(F)(F)F)c([N+](=O)[O-])n1. The summed E-state index contributed by atoms with van der Waals surface area (Å²) in [4.78, 5) is 12.7. The molecule has 1 heterocycles. The fourth-order valence-corrected chi connectivity index (χ4v) is 0.924. The van der Waals surface area contributed by atoms with E-state index in [1.807, 2.05) is 0 Å². The molecule has 88 valence electrons. The Morgan fingerprint density at radius 1 is 1.50 bits per heavy atom. The highest BCUT2D eigenvalue weighted by Crippen LogP contribution is 2.30. The number of nitro groups is 1. The molecule has 0 bridgehead atoms. The minimum absolute atomic E-state index is 0.0984. The lowest BCUT2D eigenvalue weighted by Crippen LogP contribution is -2.18. The second kappa shape index (κ2) is 4.31. The Kier molecular flexibility index (Phi) is 3.28. The van der Waals surface area contributed by atoms with Gasteiger partial charge >= 0.3 is 12.2 Å². The molecule has 1 aromatic heterocycles. The lowest BCUT2D eigenvalue weighted by Gasteiger charge is -2.08. The van der Waals surface area contributed by atoms with Crippen LogP contribution in [0.5, 0.6) is 5.75 Å². The Morgan fingerprint density at radius 3 is 2.56 bits per heavy atom. The summed E-state index contributed by atoms with van der Waals surface area (Å²) in [6, 6.07) is 1.93. The Labute approximate surface area is 87.0 Å². The van der Waals surface area contributed by atoms with Gasteiger partial charge in [-0.25, -0.2) is 0 Å². The molecule has 1 rings (SSSR count). The summed E-state index contributed by atoms with van der Waals surface area (Å²) in [5.74, 6) is -1.98. The van der Waals surface area contributed by atoms with Crippen molar-refractivity contribution in [1.29, 1.82) is 0 Å². The molecule has 0 fully saturated rings. The smallest absolute Gasteiger partial charge is 0.397 e. The Morgan fingerprint density at radius 2 is 2.12 bits per heavy atom. The maximum absolute atomic E-state index is 11.9. The van der Waals surface area contributed by atoms with Gasteiger partial charge in [-0.15, -0.1) is 13.2 Å². The molecule has 0 aromatic carbocycles. The predicted octanol–water partition coefficient (Wildman–Crippen LogP) is 1.35. The van der Waals surface area contributed by atoms with Crippen LogP contribution in [0.25, 0.3) is 0 Å². The number of halogens is 3. The fraction of sp³-hybridized carbons (Fsp3) is 0.286. The van der Waals surface area contributed by atoms with Crippen LogP contribution < -0.4 is 10.5 Å². The van der Waals surface area contributed by atoms with Gasteiger partial charge in [-0.1, -0.05) is 0 Å². The summed E-state index contributed by atoms with van der Waals surface area (Å²) in [7, 11) is 0. The van der Waals surface area contributed by atoms with Gasteiger partial charge in [-0.3, -0.25) is 0 Å². The van der Waals surface area contributed by atoms with Crippen LogP contribution in [0.4, 0.5) is 19.0 Å². The first-order chi connectivity index (χ1) is 7.33. The molecule has 1 aromatic rings. The maximum Gasteiger partial charge on any atom is 0.573 e. The zero-order valence-corrected chi connectivity index (χ0v) is 7.69. The van der Waals surface area contributed by atoms with E-state index in [1.54, 1.807) is 0 Å². The quantitative estimate of drug-likeness (QED) is 0.632. The third-order valence-corrected chi connectivity index (χ3v) is 1.50. The van der Waals surface area contributed by atoms with E-state index >= 15 is 0 Å². The van der Waals surface area contributed by atoms with Crippen molar-refractivity contribution in [2.24, 2.45) is 5.73 Å². The largest absolute Gasteiger partial charge is 0.573 e. The molecule has 16 heavy (non-hydrogen) atoms. The maximum atomic E-state index is 11.9. The number of nitrogens with zero attached hydrogens (tertiary/aromatic N) is 2. The highest BCUT2D eigenvalue weighted by atomic mass is 19.4. The van der Waals surface area contributed by atoms with Crippen LogP contribution in [-0.2, 0) is 6.54 Å². The van der Waals surface area contributed by atoms with E-state index in [-0.39, 0.29) is 12.2 Å². The highest BCUT2D eigenvalue weighted by Gasteiger charge is 2.35. The molecule has 0 aliphatic carbocycles. The zero-order valence-electron chi connectivity index (χ0n) is 7.69. The molecule has 9 heteroatoms. The summed E-state index contributed by atoms with van der Waals surface area (Å²) in [6.07, 6.45) is -5.00. The molecular formula is C7H6F3N3O3. The topological polar surface area (TPSA) is 91.3 Å². The molecule has 0 amide bonds. The molecule has 0 saturated heterocycles. The molecule has 0 aliphatic heterocycles. The molecule has 0 radical (unpaired) electrons. The molecule has 0 saturated carbocycles. The van der Waals surface area contributed by atoms with Crippen LogP contribution in [0, 0.1) is 10.1 Å². The standard InChI is InChI=1S/C7H6F3N3O3/c8-7(9,10)16-5-2-1-4(3-11)12-6(5)13(14)15/h1-2H,3,11H2. The molecule has 0 atom stereocenters. The second-order valence-corrected chi connectivity index (χ2v) is 2.63. The van der Waals surface area contributed by atoms with Crippen LogP contribution in [0.3, 0.4) is 0 Å². The minimum Gasteiger partial charge on any atom is -0.397 e. The Bertz CT molecular complexity index is 408. The van der Waals surface area contributed by atoms with Crippen LogP contribution in [0.2, 0.25) is 0 Å². The zero-order chi connectivity index (χ0) is 12.3. The minimum atomic E-state index is -5.00. The number of ether oxygens (including phenoxy) is 1. The Hall–Kier alpha value is -1.90. The number of pyridine rings is 1. The number of nitrogens with two attached hydrogens (primary N) is 1. The second-order valence-electron chi connectivity index (χ2n) is 2.63. The summed E-state index contributed by atoms with van der Waals surface area (Å²) < 4.78 is 39.1. The van der Waals surface area contributed by atoms with Gasteiger partial charge in [-0.05, 0) is 22.0 Å². The van der Waals surface area contributed by atoms with E-state index in [0.29, 0.717) is 0 Å². The number of hydrogen-bond donors (Lipinski definition) is 1. The summed E-state index contributed by atoms with van der Waals surface area (Å²) in [5.41, 5.74) is 5.25. The summed E-state index contributed by atoms with van der Waals surface area (Å²) >= 11 is 0. The van der Waals surface area contributed by atoms with E-state index in [4.69, 9.17) is 5.73 Å². The number of aromatic nitrogens is 1. The first-order valence-electron chi connectivity index (χ1n) is 3.93. The van der Waals surface area contributed by atoms with Gasteiger partial charge in [0.25, 0.3) is 0 Å². The molecule has 0 aliphatic rings. The van der Waals surface area contributed by atoms with Crippen molar-refractivity contribution in [1.82, 2.24) is 4.98 Å². The van der Waals surface area contributed by atoms with Crippen molar-refractivity contribution < 1.29 is 22.8 Å². The van der Waals surface area contributed by atoms with Crippen molar-refractivity contribution in [3.8, 4) is 5.75 Å². The molecule has 2 N–H and O–H groups in total. The van der Waals surface area contributed by atoms with Gasteiger partial charge in [-0.2, -0.15) is 0 Å². The monoisotopic (exact) mass is 237 g/mol. The number of rotatable bonds is 3. The number of hydrogen-bond acceptors (Lipinski definition) is 5. The van der Waals surface area contributed by atoms with E-state index in [2.05, 4.69) is 9.72 Å². The fourth-order valence-electron chi connectivity index (χ4n) is 0.924. The van der Waals surface area contributed by atoms with E-state index in [0.717, 1.165) is 12.1 Å². The highest BCUT2D eigenvalue weighted by molar-refractivity contribution is 5.40. The average molecular weight is 237 g/mol. The van der Waals surface area contributed by atoms with Gasteiger partial charge in [0.1, 0.15) is 0 Å². The lowest BCUT2D eigenvalue weighted by molar-refractivity contribution is -0.393. The van der Waals surface area contributed by atoms with Crippen LogP contribution in [0.15, 0.2) is 12.1 Å². The van der Waals surface area contributed by atoms with Crippen LogP contribution in [0.1, 0.15) is 5.69 Å². The van der Waals surface area contributed by atoms with E-state index in [9.17, 15) is 23.3 Å². The van der Waals surface area contributed by atoms with Gasteiger partial charge in [0.05, 0.1) is 6.54 Å². The predicted molar refractivity (Wildman–Crippen MR) is 45.5 cm³/mol. The third-order valence-electron chi connectivity index (χ3n) is 1.50. The first kappa shape index (κ1) is 12.2. The Balaban J connectivity index is 3.13. The third kappa shape index (κ3) is 3.05. The van der Waals surface area contributed by atoms with Gasteiger partial charge in [0.15, 0.2) is 5.69 Å². The first-order valence-corrected chi connectivity index (χ1v) is 3.93. The van der Waals surface area contributed by atoms with Crippen molar-refractivity contribution in [2.45, 2.75) is 12.9 Å². The van der Waals surface area contributed by atoms with Gasteiger partial charge in [0.2, 0.25) is 5.75 Å². The molecule has 0 spiro atoms. The van der Waals surface area contributed by atoms with Gasteiger partial charge in [0, 0.05) is 0 Å². The van der Waals surface area contributed by atoms with Crippen LogP contribution >= 0.6 is 0 Å². The van der Waals surface area contributed by atoms with E-state index < -0.39 is 22.9 Å². The van der Waals surface area contributed by atoms with Crippen molar-refractivity contribution >= 4 is 5.82 Å². The number of alkyl halides is 3. The van der Waals surface area contributed by atoms with Crippen molar-refractivity contribution in [3.05, 3.63) is 27.9 Å². The van der Waals surface area contributed by atoms with E-state index in [1.165, 1.54) is 0 Å². The normalized spacial score (nSPS) is 11.2. The van der Waals surface area contributed by atoms with Crippen LogP contribution in [-0.4, -0.2) is 16.3 Å². The summed E-state index contributed by atoms with van der Waals surface area (Å²) in [6.45, 7) is -0.118. The summed E-state index contributed by atoms with van der Waals surface area (Å²) in [5, 5.41) is 10.4. The van der Waals surface area contributed by atoms with Crippen molar-refractivity contribution in [2.75, 3.05) is 0 Å². The molecular weight excluding hydrogens is 231 g/mol. The molecule has 6 nitrogen and oxygen atoms in total.